The predicted octanol–water partition coefficient (Wildman–Crippen LogP) is 3.99. The second kappa shape index (κ2) is 5.84. The van der Waals surface area contributed by atoms with E-state index in [9.17, 15) is 4.79 Å². The average molecular weight is 229 g/mol. The molecule has 0 bridgehead atoms. The normalized spacial score (nSPS) is 10.7. The molecular weight excluding hydrogens is 219 g/mol. The van der Waals surface area contributed by atoms with Gasteiger partial charge >= 0.3 is 0 Å². The number of carbonyl (C=O) groups excluding carboxylic acids is 1. The zero-order valence-electron chi connectivity index (χ0n) is 7.54. The van der Waals surface area contributed by atoms with Gasteiger partial charge in [0.1, 0.15) is 6.29 Å². The molecule has 0 aliphatic carbocycles. The number of rotatable bonds is 4. The summed E-state index contributed by atoms with van der Waals surface area (Å²) in [6.07, 6.45) is 5.99. The number of benzene rings is 1. The molecule has 0 amide bonds. The SMILES string of the molecule is O=CCC/C=C/c1ccc(Cl)cc1Cl. The maximum absolute atomic E-state index is 10.1. The second-order valence-corrected chi connectivity index (χ2v) is 3.66. The first kappa shape index (κ1) is 11.3. The molecule has 0 aliphatic heterocycles. The second-order valence-electron chi connectivity index (χ2n) is 2.81. The van der Waals surface area contributed by atoms with Gasteiger partial charge in [0, 0.05) is 16.5 Å². The Morgan fingerprint density at radius 3 is 2.64 bits per heavy atom. The first-order valence-electron chi connectivity index (χ1n) is 4.29. The van der Waals surface area contributed by atoms with E-state index in [0.717, 1.165) is 18.3 Å². The number of allylic oxidation sites excluding steroid dienone is 1. The summed E-state index contributed by atoms with van der Waals surface area (Å²) in [5, 5.41) is 1.25. The molecule has 0 fully saturated rings. The third kappa shape index (κ3) is 3.52. The number of halogens is 2. The van der Waals surface area contributed by atoms with Gasteiger partial charge in [0.15, 0.2) is 0 Å². The Bertz CT molecular complexity index is 345. The van der Waals surface area contributed by atoms with Crippen LogP contribution in [0.15, 0.2) is 24.3 Å². The lowest BCUT2D eigenvalue weighted by atomic mass is 10.2. The summed E-state index contributed by atoms with van der Waals surface area (Å²) in [5.74, 6) is 0. The summed E-state index contributed by atoms with van der Waals surface area (Å²) in [6.45, 7) is 0. The van der Waals surface area contributed by atoms with Gasteiger partial charge in [-0.05, 0) is 24.1 Å². The van der Waals surface area contributed by atoms with Crippen molar-refractivity contribution in [3.05, 3.63) is 39.9 Å². The van der Waals surface area contributed by atoms with Crippen LogP contribution < -0.4 is 0 Å². The van der Waals surface area contributed by atoms with Crippen LogP contribution in [0.5, 0.6) is 0 Å². The van der Waals surface area contributed by atoms with Crippen molar-refractivity contribution in [2.45, 2.75) is 12.8 Å². The summed E-state index contributed by atoms with van der Waals surface area (Å²) >= 11 is 11.7. The van der Waals surface area contributed by atoms with Crippen LogP contribution in [0.25, 0.3) is 6.08 Å². The lowest BCUT2D eigenvalue weighted by molar-refractivity contribution is -0.107. The Morgan fingerprint density at radius 1 is 1.21 bits per heavy atom. The molecule has 0 atom stereocenters. The number of unbranched alkanes of at least 4 members (excludes halogenated alkanes) is 1. The van der Waals surface area contributed by atoms with Gasteiger partial charge in [-0.15, -0.1) is 0 Å². The van der Waals surface area contributed by atoms with E-state index in [1.807, 2.05) is 18.2 Å². The molecule has 0 heterocycles. The van der Waals surface area contributed by atoms with Crippen molar-refractivity contribution in [3.8, 4) is 0 Å². The van der Waals surface area contributed by atoms with Crippen molar-refractivity contribution in [1.82, 2.24) is 0 Å². The van der Waals surface area contributed by atoms with Crippen LogP contribution in [0.1, 0.15) is 18.4 Å². The van der Waals surface area contributed by atoms with E-state index in [0.29, 0.717) is 16.5 Å². The molecule has 0 N–H and O–H groups in total. The fourth-order valence-corrected chi connectivity index (χ4v) is 1.48. The fraction of sp³-hybridized carbons (Fsp3) is 0.182. The molecule has 0 unspecified atom stereocenters. The van der Waals surface area contributed by atoms with Gasteiger partial charge in [-0.3, -0.25) is 0 Å². The molecule has 0 saturated heterocycles. The van der Waals surface area contributed by atoms with Gasteiger partial charge in [0.25, 0.3) is 0 Å². The number of hydrogen-bond acceptors (Lipinski definition) is 1. The van der Waals surface area contributed by atoms with Crippen LogP contribution in [0, 0.1) is 0 Å². The van der Waals surface area contributed by atoms with Crippen molar-refractivity contribution >= 4 is 35.6 Å². The molecule has 1 nitrogen and oxygen atoms in total. The quantitative estimate of drug-likeness (QED) is 0.563. The summed E-state index contributed by atoms with van der Waals surface area (Å²) in [4.78, 5) is 10.1. The van der Waals surface area contributed by atoms with Crippen LogP contribution in [0.3, 0.4) is 0 Å². The third-order valence-electron chi connectivity index (χ3n) is 1.71. The summed E-state index contributed by atoms with van der Waals surface area (Å²) in [5.41, 5.74) is 0.918. The van der Waals surface area contributed by atoms with Crippen molar-refractivity contribution in [1.29, 1.82) is 0 Å². The number of carbonyl (C=O) groups is 1. The molecule has 1 aromatic carbocycles. The minimum absolute atomic E-state index is 0.543. The van der Waals surface area contributed by atoms with Crippen LogP contribution >= 0.6 is 23.2 Å². The largest absolute Gasteiger partial charge is 0.303 e. The van der Waals surface area contributed by atoms with E-state index in [-0.39, 0.29) is 0 Å². The van der Waals surface area contributed by atoms with Crippen molar-refractivity contribution < 1.29 is 4.79 Å². The molecule has 0 aliphatic rings. The Kier molecular flexibility index (Phi) is 4.71. The van der Waals surface area contributed by atoms with E-state index in [1.54, 1.807) is 12.1 Å². The molecule has 1 rings (SSSR count). The first-order chi connectivity index (χ1) is 6.74. The Balaban J connectivity index is 2.67. The third-order valence-corrected chi connectivity index (χ3v) is 2.27. The van der Waals surface area contributed by atoms with Gasteiger partial charge < -0.3 is 4.79 Å². The first-order valence-corrected chi connectivity index (χ1v) is 5.05. The van der Waals surface area contributed by atoms with E-state index < -0.39 is 0 Å². The highest BCUT2D eigenvalue weighted by Gasteiger charge is 1.96. The molecule has 0 spiro atoms. The molecule has 14 heavy (non-hydrogen) atoms. The maximum atomic E-state index is 10.1. The van der Waals surface area contributed by atoms with Crippen molar-refractivity contribution in [2.24, 2.45) is 0 Å². The lowest BCUT2D eigenvalue weighted by Crippen LogP contribution is -1.76. The van der Waals surface area contributed by atoms with Gasteiger partial charge in [0.05, 0.1) is 0 Å². The Labute approximate surface area is 93.3 Å². The van der Waals surface area contributed by atoms with E-state index in [4.69, 9.17) is 23.2 Å². The molecule has 0 aromatic heterocycles. The topological polar surface area (TPSA) is 17.1 Å². The van der Waals surface area contributed by atoms with Crippen LogP contribution in [0.2, 0.25) is 10.0 Å². The Morgan fingerprint density at radius 2 is 2.00 bits per heavy atom. The highest BCUT2D eigenvalue weighted by molar-refractivity contribution is 6.35. The smallest absolute Gasteiger partial charge is 0.120 e. The summed E-state index contributed by atoms with van der Waals surface area (Å²) in [6, 6.07) is 5.33. The van der Waals surface area contributed by atoms with Gasteiger partial charge in [-0.25, -0.2) is 0 Å². The van der Waals surface area contributed by atoms with E-state index in [1.165, 1.54) is 0 Å². The van der Waals surface area contributed by atoms with E-state index in [2.05, 4.69) is 0 Å². The zero-order valence-corrected chi connectivity index (χ0v) is 9.05. The minimum atomic E-state index is 0.543. The van der Waals surface area contributed by atoms with Gasteiger partial charge in [-0.1, -0.05) is 41.4 Å². The Hall–Kier alpha value is -0.790. The summed E-state index contributed by atoms with van der Waals surface area (Å²) < 4.78 is 0. The predicted molar refractivity (Wildman–Crippen MR) is 60.8 cm³/mol. The molecule has 3 heteroatoms. The minimum Gasteiger partial charge on any atom is -0.303 e. The fourth-order valence-electron chi connectivity index (χ4n) is 1.01. The van der Waals surface area contributed by atoms with Gasteiger partial charge in [-0.2, -0.15) is 0 Å². The molecule has 0 radical (unpaired) electrons. The van der Waals surface area contributed by atoms with Crippen LogP contribution in [-0.4, -0.2) is 6.29 Å². The molecule has 74 valence electrons. The van der Waals surface area contributed by atoms with Gasteiger partial charge in [0.2, 0.25) is 0 Å². The molecule has 1 aromatic rings. The lowest BCUT2D eigenvalue weighted by Gasteiger charge is -1.97. The van der Waals surface area contributed by atoms with Crippen molar-refractivity contribution in [3.63, 3.8) is 0 Å². The molecular formula is C11H10Cl2O. The van der Waals surface area contributed by atoms with Crippen LogP contribution in [-0.2, 0) is 4.79 Å². The van der Waals surface area contributed by atoms with E-state index >= 15 is 0 Å². The van der Waals surface area contributed by atoms with Crippen molar-refractivity contribution in [2.75, 3.05) is 0 Å². The van der Waals surface area contributed by atoms with Crippen LogP contribution in [0.4, 0.5) is 0 Å². The highest BCUT2D eigenvalue weighted by atomic mass is 35.5. The molecule has 0 saturated carbocycles. The standard InChI is InChI=1S/C11H10Cl2O/c12-10-6-5-9(11(13)8-10)4-2-1-3-7-14/h2,4-8H,1,3H2/b4-2+. The summed E-state index contributed by atoms with van der Waals surface area (Å²) in [7, 11) is 0. The number of hydrogen-bond donors (Lipinski definition) is 0. The maximum Gasteiger partial charge on any atom is 0.120 e. The monoisotopic (exact) mass is 228 g/mol. The zero-order chi connectivity index (χ0) is 10.4. The highest BCUT2D eigenvalue weighted by Crippen LogP contribution is 2.22. The average Bonchev–Trinajstić information content (AvgIpc) is 2.15. The number of aldehydes is 1.